The molecule has 4 nitrogen and oxygen atoms in total. The molecule has 6 heteroatoms. The Hall–Kier alpha value is -0.980. The summed E-state index contributed by atoms with van der Waals surface area (Å²) in [6, 6.07) is 4.94. The highest BCUT2D eigenvalue weighted by atomic mass is 32.2. The summed E-state index contributed by atoms with van der Waals surface area (Å²) in [6.07, 6.45) is 1.73. The minimum absolute atomic E-state index is 0.0597. The van der Waals surface area contributed by atoms with Gasteiger partial charge in [0, 0.05) is 13.2 Å². The lowest BCUT2D eigenvalue weighted by molar-refractivity contribution is 0.114. The molecule has 0 bridgehead atoms. The standard InChI is InChI=1S/C11H14FNO3S/c12-9-3-1-5-11(7-9)17(14,15)13-8-10-4-2-6-16-10/h1,3,5,7,10,13H,2,4,6,8H2. The summed E-state index contributed by atoms with van der Waals surface area (Å²) >= 11 is 0. The van der Waals surface area contributed by atoms with Crippen molar-refractivity contribution in [1.29, 1.82) is 0 Å². The molecule has 1 aromatic rings. The van der Waals surface area contributed by atoms with Crippen LogP contribution in [0, 0.1) is 5.82 Å². The molecule has 1 atom stereocenters. The highest BCUT2D eigenvalue weighted by molar-refractivity contribution is 7.89. The van der Waals surface area contributed by atoms with Crippen molar-refractivity contribution < 1.29 is 17.5 Å². The average molecular weight is 259 g/mol. The molecule has 1 aromatic carbocycles. The van der Waals surface area contributed by atoms with Crippen LogP contribution in [0.2, 0.25) is 0 Å². The highest BCUT2D eigenvalue weighted by Gasteiger charge is 2.20. The minimum atomic E-state index is -3.64. The Labute approximate surface area is 99.8 Å². The van der Waals surface area contributed by atoms with Gasteiger partial charge >= 0.3 is 0 Å². The van der Waals surface area contributed by atoms with Gasteiger partial charge in [0.1, 0.15) is 5.82 Å². The first-order valence-corrected chi connectivity index (χ1v) is 6.93. The second-order valence-corrected chi connectivity index (χ2v) is 5.71. The number of halogens is 1. The van der Waals surface area contributed by atoms with E-state index in [1.807, 2.05) is 0 Å². The second-order valence-electron chi connectivity index (χ2n) is 3.94. The van der Waals surface area contributed by atoms with E-state index >= 15 is 0 Å². The molecule has 17 heavy (non-hydrogen) atoms. The fourth-order valence-corrected chi connectivity index (χ4v) is 2.82. The maximum Gasteiger partial charge on any atom is 0.240 e. The van der Waals surface area contributed by atoms with Crippen LogP contribution in [0.1, 0.15) is 12.8 Å². The summed E-state index contributed by atoms with van der Waals surface area (Å²) in [5, 5.41) is 0. The highest BCUT2D eigenvalue weighted by Crippen LogP contribution is 2.13. The largest absolute Gasteiger partial charge is 0.377 e. The molecule has 0 amide bonds. The van der Waals surface area contributed by atoms with E-state index in [9.17, 15) is 12.8 Å². The summed E-state index contributed by atoms with van der Waals surface area (Å²) in [6.45, 7) is 0.908. The Bertz CT molecular complexity index is 483. The van der Waals surface area contributed by atoms with Crippen molar-refractivity contribution in [2.24, 2.45) is 0 Å². The molecule has 94 valence electrons. The zero-order valence-electron chi connectivity index (χ0n) is 9.23. The van der Waals surface area contributed by atoms with Crippen molar-refractivity contribution in [2.75, 3.05) is 13.2 Å². The lowest BCUT2D eigenvalue weighted by atomic mass is 10.2. The van der Waals surface area contributed by atoms with E-state index < -0.39 is 15.8 Å². The van der Waals surface area contributed by atoms with Crippen LogP contribution < -0.4 is 4.72 Å². The summed E-state index contributed by atoms with van der Waals surface area (Å²) in [7, 11) is -3.64. The third kappa shape index (κ3) is 3.24. The molecule has 0 radical (unpaired) electrons. The van der Waals surface area contributed by atoms with Gasteiger partial charge in [-0.3, -0.25) is 0 Å². The molecule has 1 aliphatic heterocycles. The lowest BCUT2D eigenvalue weighted by Gasteiger charge is -2.11. The first kappa shape index (κ1) is 12.5. The van der Waals surface area contributed by atoms with E-state index in [4.69, 9.17) is 4.74 Å². The number of rotatable bonds is 4. The summed E-state index contributed by atoms with van der Waals surface area (Å²) < 4.78 is 44.3. The average Bonchev–Trinajstić information content (AvgIpc) is 2.79. The molecule has 1 aliphatic rings. The predicted octanol–water partition coefficient (Wildman–Crippen LogP) is 1.28. The maximum absolute atomic E-state index is 12.9. The van der Waals surface area contributed by atoms with Crippen LogP contribution in [0.25, 0.3) is 0 Å². The fraction of sp³-hybridized carbons (Fsp3) is 0.455. The molecule has 0 aliphatic carbocycles. The molecule has 1 fully saturated rings. The summed E-state index contributed by atoms with van der Waals surface area (Å²) in [5.74, 6) is -0.565. The van der Waals surface area contributed by atoms with Crippen LogP contribution in [-0.2, 0) is 14.8 Å². The van der Waals surface area contributed by atoms with Gasteiger partial charge in [0.15, 0.2) is 0 Å². The molecule has 0 saturated carbocycles. The van der Waals surface area contributed by atoms with Crippen molar-refractivity contribution in [3.05, 3.63) is 30.1 Å². The molecule has 1 saturated heterocycles. The van der Waals surface area contributed by atoms with E-state index in [2.05, 4.69) is 4.72 Å². The van der Waals surface area contributed by atoms with Crippen molar-refractivity contribution in [3.8, 4) is 0 Å². The summed E-state index contributed by atoms with van der Waals surface area (Å²) in [5.41, 5.74) is 0. The normalized spacial score (nSPS) is 20.6. The molecular formula is C11H14FNO3S. The van der Waals surface area contributed by atoms with E-state index in [0.717, 1.165) is 18.9 Å². The lowest BCUT2D eigenvalue weighted by Crippen LogP contribution is -2.31. The fourth-order valence-electron chi connectivity index (χ4n) is 1.73. The molecule has 0 spiro atoms. The van der Waals surface area contributed by atoms with E-state index in [1.54, 1.807) is 0 Å². The third-order valence-corrected chi connectivity index (χ3v) is 4.05. The Morgan fingerprint density at radius 3 is 2.94 bits per heavy atom. The number of ether oxygens (including phenoxy) is 1. The number of benzene rings is 1. The van der Waals surface area contributed by atoms with Crippen LogP contribution >= 0.6 is 0 Å². The van der Waals surface area contributed by atoms with Crippen molar-refractivity contribution in [3.63, 3.8) is 0 Å². The minimum Gasteiger partial charge on any atom is -0.377 e. The number of hydrogen-bond donors (Lipinski definition) is 1. The molecule has 0 aromatic heterocycles. The number of hydrogen-bond acceptors (Lipinski definition) is 3. The zero-order valence-corrected chi connectivity index (χ0v) is 10.0. The Balaban J connectivity index is 2.03. The Kier molecular flexibility index (Phi) is 3.76. The first-order chi connectivity index (χ1) is 8.08. The quantitative estimate of drug-likeness (QED) is 0.886. The molecule has 1 heterocycles. The van der Waals surface area contributed by atoms with Gasteiger partial charge in [-0.05, 0) is 31.0 Å². The van der Waals surface area contributed by atoms with Crippen LogP contribution in [-0.4, -0.2) is 27.7 Å². The van der Waals surface area contributed by atoms with Gasteiger partial charge in [0.05, 0.1) is 11.0 Å². The predicted molar refractivity (Wildman–Crippen MR) is 60.6 cm³/mol. The molecule has 2 rings (SSSR count). The SMILES string of the molecule is O=S(=O)(NCC1CCCO1)c1cccc(F)c1. The monoisotopic (exact) mass is 259 g/mol. The number of nitrogens with one attached hydrogen (secondary N) is 1. The van der Waals surface area contributed by atoms with Crippen LogP contribution in [0.15, 0.2) is 29.2 Å². The summed E-state index contributed by atoms with van der Waals surface area (Å²) in [4.78, 5) is -0.0597. The van der Waals surface area contributed by atoms with Crippen LogP contribution in [0.5, 0.6) is 0 Å². The zero-order chi connectivity index (χ0) is 12.3. The second kappa shape index (κ2) is 5.12. The van der Waals surface area contributed by atoms with Crippen molar-refractivity contribution in [2.45, 2.75) is 23.8 Å². The topological polar surface area (TPSA) is 55.4 Å². The van der Waals surface area contributed by atoms with Gasteiger partial charge in [-0.1, -0.05) is 6.07 Å². The van der Waals surface area contributed by atoms with Gasteiger partial charge in [0.25, 0.3) is 0 Å². The Morgan fingerprint density at radius 1 is 1.47 bits per heavy atom. The molecule has 1 unspecified atom stereocenters. The van der Waals surface area contributed by atoms with E-state index in [-0.39, 0.29) is 17.5 Å². The van der Waals surface area contributed by atoms with E-state index in [1.165, 1.54) is 18.2 Å². The smallest absolute Gasteiger partial charge is 0.240 e. The molecule has 1 N–H and O–H groups in total. The van der Waals surface area contributed by atoms with Crippen molar-refractivity contribution in [1.82, 2.24) is 4.72 Å². The van der Waals surface area contributed by atoms with E-state index in [0.29, 0.717) is 6.61 Å². The Morgan fingerprint density at radius 2 is 2.29 bits per heavy atom. The first-order valence-electron chi connectivity index (χ1n) is 5.45. The van der Waals surface area contributed by atoms with Gasteiger partial charge in [0.2, 0.25) is 10.0 Å². The van der Waals surface area contributed by atoms with Gasteiger partial charge in [-0.25, -0.2) is 17.5 Å². The van der Waals surface area contributed by atoms with Crippen LogP contribution in [0.3, 0.4) is 0 Å². The maximum atomic E-state index is 12.9. The van der Waals surface area contributed by atoms with Crippen LogP contribution in [0.4, 0.5) is 4.39 Å². The van der Waals surface area contributed by atoms with Gasteiger partial charge in [-0.2, -0.15) is 0 Å². The van der Waals surface area contributed by atoms with Crippen molar-refractivity contribution >= 4 is 10.0 Å². The third-order valence-electron chi connectivity index (χ3n) is 2.63. The number of sulfonamides is 1. The molecular weight excluding hydrogens is 245 g/mol. The van der Waals surface area contributed by atoms with Gasteiger partial charge in [-0.15, -0.1) is 0 Å². The van der Waals surface area contributed by atoms with Gasteiger partial charge < -0.3 is 4.74 Å².